The third kappa shape index (κ3) is 3.05. The molecule has 0 spiro atoms. The molecule has 2 aromatic rings. The number of rotatable bonds is 6. The van der Waals surface area contributed by atoms with E-state index in [1.54, 1.807) is 25.3 Å². The average molecular weight is 276 g/mol. The molecule has 2 rings (SSSR count). The standard InChI is InChI=1S/C15H21FN4/c1-3-8-20-9-7-18-14(20)10-13(19-17)12-6-4-5-11(2)15(12)16/h4-7,9,13,19H,3,8,10,17H2,1-2H3. The van der Waals surface area contributed by atoms with Crippen molar-refractivity contribution in [1.82, 2.24) is 15.0 Å². The minimum Gasteiger partial charge on any atom is -0.335 e. The van der Waals surface area contributed by atoms with Gasteiger partial charge in [-0.1, -0.05) is 25.1 Å². The van der Waals surface area contributed by atoms with Gasteiger partial charge in [0.05, 0.1) is 6.04 Å². The molecule has 108 valence electrons. The molecule has 0 aliphatic heterocycles. The van der Waals surface area contributed by atoms with Gasteiger partial charge in [0.15, 0.2) is 0 Å². The van der Waals surface area contributed by atoms with Gasteiger partial charge >= 0.3 is 0 Å². The minimum atomic E-state index is -0.284. The second-order valence-corrected chi connectivity index (χ2v) is 4.94. The number of hydrogen-bond donors (Lipinski definition) is 2. The number of nitrogens with zero attached hydrogens (tertiary/aromatic N) is 2. The van der Waals surface area contributed by atoms with Crippen molar-refractivity contribution in [3.63, 3.8) is 0 Å². The Morgan fingerprint density at radius 2 is 2.25 bits per heavy atom. The lowest BCUT2D eigenvalue weighted by molar-refractivity contribution is 0.487. The Hall–Kier alpha value is -1.72. The number of hydrogen-bond acceptors (Lipinski definition) is 3. The number of hydrazine groups is 1. The van der Waals surface area contributed by atoms with E-state index >= 15 is 0 Å². The van der Waals surface area contributed by atoms with Crippen LogP contribution >= 0.6 is 0 Å². The van der Waals surface area contributed by atoms with E-state index in [2.05, 4.69) is 21.9 Å². The van der Waals surface area contributed by atoms with Gasteiger partial charge in [0.1, 0.15) is 11.6 Å². The minimum absolute atomic E-state index is 0.205. The topological polar surface area (TPSA) is 55.9 Å². The van der Waals surface area contributed by atoms with Crippen LogP contribution in [0.25, 0.3) is 0 Å². The molecule has 0 radical (unpaired) electrons. The first kappa shape index (κ1) is 14.7. The number of aryl methyl sites for hydroxylation is 2. The molecule has 1 atom stereocenters. The van der Waals surface area contributed by atoms with Crippen LogP contribution in [0.4, 0.5) is 4.39 Å². The molecule has 1 heterocycles. The van der Waals surface area contributed by atoms with Gasteiger partial charge < -0.3 is 4.57 Å². The smallest absolute Gasteiger partial charge is 0.130 e. The summed E-state index contributed by atoms with van der Waals surface area (Å²) >= 11 is 0. The number of benzene rings is 1. The summed E-state index contributed by atoms with van der Waals surface area (Å²) in [6, 6.07) is 5.08. The number of halogens is 1. The molecular weight excluding hydrogens is 255 g/mol. The largest absolute Gasteiger partial charge is 0.335 e. The third-order valence-corrected chi connectivity index (χ3v) is 3.45. The molecule has 0 aliphatic rings. The van der Waals surface area contributed by atoms with Gasteiger partial charge in [0.25, 0.3) is 0 Å². The van der Waals surface area contributed by atoms with Crippen LogP contribution in [0, 0.1) is 12.7 Å². The van der Waals surface area contributed by atoms with Crippen LogP contribution in [0.2, 0.25) is 0 Å². The zero-order valence-corrected chi connectivity index (χ0v) is 11.9. The van der Waals surface area contributed by atoms with E-state index in [0.29, 0.717) is 17.5 Å². The second kappa shape index (κ2) is 6.63. The summed E-state index contributed by atoms with van der Waals surface area (Å²) in [5.74, 6) is 6.32. The molecule has 4 nitrogen and oxygen atoms in total. The van der Waals surface area contributed by atoms with Crippen molar-refractivity contribution in [1.29, 1.82) is 0 Å². The Bertz CT molecular complexity index is 565. The maximum atomic E-state index is 14.2. The normalized spacial score (nSPS) is 12.6. The van der Waals surface area contributed by atoms with Crippen LogP contribution in [0.15, 0.2) is 30.6 Å². The lowest BCUT2D eigenvalue weighted by Crippen LogP contribution is -2.31. The molecule has 0 fully saturated rings. The van der Waals surface area contributed by atoms with Gasteiger partial charge in [0.2, 0.25) is 0 Å². The summed E-state index contributed by atoms with van der Waals surface area (Å²) < 4.78 is 16.3. The van der Waals surface area contributed by atoms with E-state index in [0.717, 1.165) is 18.8 Å². The highest BCUT2D eigenvalue weighted by Gasteiger charge is 2.18. The van der Waals surface area contributed by atoms with Crippen molar-refractivity contribution in [2.45, 2.75) is 39.3 Å². The van der Waals surface area contributed by atoms with Gasteiger partial charge in [-0.2, -0.15) is 0 Å². The number of aromatic nitrogens is 2. The predicted molar refractivity (Wildman–Crippen MR) is 77.4 cm³/mol. The Morgan fingerprint density at radius 3 is 2.95 bits per heavy atom. The fraction of sp³-hybridized carbons (Fsp3) is 0.400. The predicted octanol–water partition coefficient (Wildman–Crippen LogP) is 2.49. The van der Waals surface area contributed by atoms with Crippen LogP contribution in [0.5, 0.6) is 0 Å². The summed E-state index contributed by atoms with van der Waals surface area (Å²) in [5.41, 5.74) is 3.91. The summed E-state index contributed by atoms with van der Waals surface area (Å²) in [7, 11) is 0. The molecule has 0 bridgehead atoms. The van der Waals surface area contributed by atoms with Crippen molar-refractivity contribution in [2.75, 3.05) is 0 Å². The Balaban J connectivity index is 2.24. The van der Waals surface area contributed by atoms with Crippen LogP contribution in [-0.2, 0) is 13.0 Å². The molecular formula is C15H21FN4. The summed E-state index contributed by atoms with van der Waals surface area (Å²) in [5, 5.41) is 0. The van der Waals surface area contributed by atoms with Gasteiger partial charge in [-0.3, -0.25) is 11.3 Å². The van der Waals surface area contributed by atoms with Crippen molar-refractivity contribution >= 4 is 0 Å². The SMILES string of the molecule is CCCn1ccnc1CC(NN)c1cccc(C)c1F. The summed E-state index contributed by atoms with van der Waals surface area (Å²) in [4.78, 5) is 4.35. The molecule has 5 heteroatoms. The lowest BCUT2D eigenvalue weighted by atomic mass is 10.0. The molecule has 0 amide bonds. The second-order valence-electron chi connectivity index (χ2n) is 4.94. The van der Waals surface area contributed by atoms with Gasteiger partial charge in [-0.05, 0) is 18.9 Å². The zero-order valence-electron chi connectivity index (χ0n) is 11.9. The quantitative estimate of drug-likeness (QED) is 0.629. The molecule has 1 aromatic heterocycles. The fourth-order valence-corrected chi connectivity index (χ4v) is 2.35. The lowest BCUT2D eigenvalue weighted by Gasteiger charge is -2.18. The van der Waals surface area contributed by atoms with E-state index in [4.69, 9.17) is 5.84 Å². The van der Waals surface area contributed by atoms with Crippen molar-refractivity contribution < 1.29 is 4.39 Å². The van der Waals surface area contributed by atoms with E-state index < -0.39 is 0 Å². The molecule has 20 heavy (non-hydrogen) atoms. The van der Waals surface area contributed by atoms with Crippen LogP contribution in [0.1, 0.15) is 36.3 Å². The monoisotopic (exact) mass is 276 g/mol. The van der Waals surface area contributed by atoms with Crippen LogP contribution in [-0.4, -0.2) is 9.55 Å². The molecule has 0 saturated carbocycles. The molecule has 1 aromatic carbocycles. The number of nitrogens with one attached hydrogen (secondary N) is 1. The highest BCUT2D eigenvalue weighted by atomic mass is 19.1. The van der Waals surface area contributed by atoms with E-state index in [1.807, 2.05) is 12.3 Å². The first-order valence-electron chi connectivity index (χ1n) is 6.88. The first-order chi connectivity index (χ1) is 9.67. The summed E-state index contributed by atoms with van der Waals surface area (Å²) in [6.07, 6.45) is 5.30. The number of nitrogens with two attached hydrogens (primary N) is 1. The van der Waals surface area contributed by atoms with Crippen LogP contribution in [0.3, 0.4) is 0 Å². The third-order valence-electron chi connectivity index (χ3n) is 3.45. The molecule has 0 aliphatic carbocycles. The summed E-state index contributed by atoms with van der Waals surface area (Å²) in [6.45, 7) is 4.77. The molecule has 3 N–H and O–H groups in total. The first-order valence-corrected chi connectivity index (χ1v) is 6.88. The number of imidazole rings is 1. The molecule has 0 saturated heterocycles. The van der Waals surface area contributed by atoms with E-state index in [1.165, 1.54) is 0 Å². The highest BCUT2D eigenvalue weighted by Crippen LogP contribution is 2.22. The van der Waals surface area contributed by atoms with Crippen molar-refractivity contribution in [2.24, 2.45) is 5.84 Å². The Labute approximate surface area is 118 Å². The van der Waals surface area contributed by atoms with Gasteiger partial charge in [0, 0.05) is 30.9 Å². The van der Waals surface area contributed by atoms with Crippen LogP contribution < -0.4 is 11.3 Å². The van der Waals surface area contributed by atoms with E-state index in [-0.39, 0.29) is 11.9 Å². The highest BCUT2D eigenvalue weighted by molar-refractivity contribution is 5.28. The van der Waals surface area contributed by atoms with E-state index in [9.17, 15) is 4.39 Å². The van der Waals surface area contributed by atoms with Crippen molar-refractivity contribution in [3.8, 4) is 0 Å². The van der Waals surface area contributed by atoms with Crippen molar-refractivity contribution in [3.05, 3.63) is 53.4 Å². The Kier molecular flexibility index (Phi) is 4.87. The fourth-order valence-electron chi connectivity index (χ4n) is 2.35. The van der Waals surface area contributed by atoms with Gasteiger partial charge in [-0.15, -0.1) is 0 Å². The zero-order chi connectivity index (χ0) is 14.5. The maximum Gasteiger partial charge on any atom is 0.130 e. The maximum absolute atomic E-state index is 14.2. The average Bonchev–Trinajstić information content (AvgIpc) is 2.87. The van der Waals surface area contributed by atoms with Gasteiger partial charge in [-0.25, -0.2) is 9.37 Å². The molecule has 1 unspecified atom stereocenters. The Morgan fingerprint density at radius 1 is 1.45 bits per heavy atom.